The Morgan fingerprint density at radius 1 is 1.50 bits per heavy atom. The van der Waals surface area contributed by atoms with Crippen molar-refractivity contribution >= 4 is 17.6 Å². The molecule has 0 atom stereocenters. The average molecular weight is 111 g/mol. The lowest BCUT2D eigenvalue weighted by atomic mass is 10.6. The molecule has 2 nitrogen and oxygen atoms in total. The Bertz CT molecular complexity index is 31.8. The summed E-state index contributed by atoms with van der Waals surface area (Å²) in [5.41, 5.74) is 0. The molecule has 0 unspecified atom stereocenters. The van der Waals surface area contributed by atoms with Crippen LogP contribution in [0.5, 0.6) is 0 Å². The molecule has 0 saturated heterocycles. The summed E-state index contributed by atoms with van der Waals surface area (Å²) in [6.07, 6.45) is 0. The molecular formula is C3H7ClO2. The Balaban J connectivity index is 0. The van der Waals surface area contributed by atoms with E-state index in [0.29, 0.717) is 0 Å². The van der Waals surface area contributed by atoms with Crippen molar-refractivity contribution in [3.8, 4) is 0 Å². The molecule has 0 aromatic heterocycles. The maximum absolute atomic E-state index is 9.44. The first kappa shape index (κ1) is 9.33. The SMILES string of the molecule is CC(C)=O.OCl. The molecule has 38 valence electrons. The molecule has 1 N–H and O–H groups in total. The Hall–Kier alpha value is -0.0800. The molecule has 3 heteroatoms. The van der Waals surface area contributed by atoms with Crippen LogP contribution in [0, 0.1) is 0 Å². The minimum Gasteiger partial charge on any atom is -0.300 e. The third-order valence-electron chi connectivity index (χ3n) is 0. The molecule has 0 aliphatic carbocycles. The number of carbonyl (C=O) groups excluding carboxylic acids is 1. The van der Waals surface area contributed by atoms with Crippen LogP contribution in [0.25, 0.3) is 0 Å². The van der Waals surface area contributed by atoms with Gasteiger partial charge in [-0.25, -0.2) is 0 Å². The fourth-order valence-electron chi connectivity index (χ4n) is 0. The molecule has 0 fully saturated rings. The van der Waals surface area contributed by atoms with Crippen molar-refractivity contribution in [2.24, 2.45) is 0 Å². The van der Waals surface area contributed by atoms with Gasteiger partial charge in [0, 0.05) is 0 Å². The molecule has 6 heavy (non-hydrogen) atoms. The summed E-state index contributed by atoms with van der Waals surface area (Å²) in [7, 11) is 0. The number of rotatable bonds is 0. The molecule has 0 bridgehead atoms. The van der Waals surface area contributed by atoms with Crippen LogP contribution >= 0.6 is 11.9 Å². The van der Waals surface area contributed by atoms with E-state index in [9.17, 15) is 4.79 Å². The molecule has 0 radical (unpaired) electrons. The van der Waals surface area contributed by atoms with Crippen LogP contribution in [-0.4, -0.2) is 10.4 Å². The molecule has 0 aliphatic heterocycles. The van der Waals surface area contributed by atoms with E-state index in [0.717, 1.165) is 0 Å². The highest BCUT2D eigenvalue weighted by Crippen LogP contribution is 1.50. The summed E-state index contributed by atoms with van der Waals surface area (Å²) in [5, 5.41) is 0. The second kappa shape index (κ2) is 8.87. The normalized spacial score (nSPS) is 5.33. The minimum atomic E-state index is 0.167. The van der Waals surface area contributed by atoms with Gasteiger partial charge in [0.15, 0.2) is 0 Å². The quantitative estimate of drug-likeness (QED) is 0.499. The van der Waals surface area contributed by atoms with Crippen molar-refractivity contribution in [2.45, 2.75) is 13.8 Å². The van der Waals surface area contributed by atoms with Crippen LogP contribution in [0.3, 0.4) is 0 Å². The molecule has 0 aromatic rings. The summed E-state index contributed by atoms with van der Waals surface area (Å²) in [6.45, 7) is 3.06. The zero-order valence-electron chi connectivity index (χ0n) is 3.73. The van der Waals surface area contributed by atoms with Gasteiger partial charge in [-0.2, -0.15) is 0 Å². The van der Waals surface area contributed by atoms with Crippen LogP contribution < -0.4 is 0 Å². The third kappa shape index (κ3) is 5220. The lowest BCUT2D eigenvalue weighted by Crippen LogP contribution is -1.69. The van der Waals surface area contributed by atoms with Gasteiger partial charge in [-0.05, 0) is 13.8 Å². The summed E-state index contributed by atoms with van der Waals surface area (Å²) in [5.74, 6) is 0.167. The van der Waals surface area contributed by atoms with Crippen molar-refractivity contribution in [1.82, 2.24) is 0 Å². The number of ketones is 1. The third-order valence-corrected chi connectivity index (χ3v) is 0. The molecule has 0 aromatic carbocycles. The summed E-state index contributed by atoms with van der Waals surface area (Å²) in [4.78, 5) is 9.44. The predicted octanol–water partition coefficient (Wildman–Crippen LogP) is 0.728. The maximum atomic E-state index is 9.44. The van der Waals surface area contributed by atoms with Gasteiger partial charge in [0.25, 0.3) is 0 Å². The Labute approximate surface area is 41.9 Å². The van der Waals surface area contributed by atoms with E-state index in [2.05, 4.69) is 11.9 Å². The molecule has 0 saturated carbocycles. The number of hydrogen-bond donors (Lipinski definition) is 1. The standard InChI is InChI=1S/C3H6O.ClHO/c1-3(2)4;1-2/h1-2H3;2H. The van der Waals surface area contributed by atoms with E-state index in [-0.39, 0.29) is 5.78 Å². The van der Waals surface area contributed by atoms with E-state index in [1.165, 1.54) is 13.8 Å². The maximum Gasteiger partial charge on any atom is 0.126 e. The molecule has 0 spiro atoms. The second-order valence-electron chi connectivity index (χ2n) is 0.908. The van der Waals surface area contributed by atoms with Crippen LogP contribution in [0.15, 0.2) is 0 Å². The van der Waals surface area contributed by atoms with Crippen LogP contribution in [0.2, 0.25) is 0 Å². The Morgan fingerprint density at radius 3 is 1.50 bits per heavy atom. The topological polar surface area (TPSA) is 37.3 Å². The first-order valence-corrected chi connectivity index (χ1v) is 1.71. The molecule has 0 rings (SSSR count). The van der Waals surface area contributed by atoms with Gasteiger partial charge < -0.3 is 4.79 Å². The summed E-state index contributed by atoms with van der Waals surface area (Å²) < 4.78 is 6.47. The zero-order valence-corrected chi connectivity index (χ0v) is 4.49. The van der Waals surface area contributed by atoms with Crippen LogP contribution in [-0.2, 0) is 4.79 Å². The van der Waals surface area contributed by atoms with E-state index >= 15 is 0 Å². The van der Waals surface area contributed by atoms with Gasteiger partial charge >= 0.3 is 0 Å². The van der Waals surface area contributed by atoms with Crippen molar-refractivity contribution in [3.63, 3.8) is 0 Å². The first-order chi connectivity index (χ1) is 2.73. The molecular weight excluding hydrogens is 103 g/mol. The van der Waals surface area contributed by atoms with Crippen molar-refractivity contribution in [2.75, 3.05) is 0 Å². The lowest BCUT2D eigenvalue weighted by Gasteiger charge is -1.56. The zero-order chi connectivity index (χ0) is 5.58. The highest BCUT2D eigenvalue weighted by molar-refractivity contribution is 6.04. The molecule has 0 amide bonds. The van der Waals surface area contributed by atoms with Gasteiger partial charge in [-0.15, -0.1) is 0 Å². The van der Waals surface area contributed by atoms with Gasteiger partial charge in [-0.3, -0.25) is 4.66 Å². The largest absolute Gasteiger partial charge is 0.300 e. The summed E-state index contributed by atoms with van der Waals surface area (Å²) in [6, 6.07) is 0. The van der Waals surface area contributed by atoms with Gasteiger partial charge in [-0.1, -0.05) is 0 Å². The van der Waals surface area contributed by atoms with Gasteiger partial charge in [0.1, 0.15) is 5.78 Å². The van der Waals surface area contributed by atoms with Gasteiger partial charge in [0.2, 0.25) is 0 Å². The van der Waals surface area contributed by atoms with Crippen LogP contribution in [0.4, 0.5) is 0 Å². The number of hydrogen-bond acceptors (Lipinski definition) is 2. The summed E-state index contributed by atoms with van der Waals surface area (Å²) >= 11 is 3.64. The number of halogens is 1. The first-order valence-electron chi connectivity index (χ1n) is 1.37. The fourth-order valence-corrected chi connectivity index (χ4v) is 0. The predicted molar refractivity (Wildman–Crippen MR) is 24.4 cm³/mol. The second-order valence-corrected chi connectivity index (χ2v) is 0.908. The molecule has 0 heterocycles. The van der Waals surface area contributed by atoms with Crippen LogP contribution in [0.1, 0.15) is 13.8 Å². The Kier molecular flexibility index (Phi) is 13.8. The lowest BCUT2D eigenvalue weighted by molar-refractivity contribution is -0.114. The number of carbonyl (C=O) groups is 1. The number of Topliss-reactive ketones (excluding diaryl/α,β-unsaturated/α-hetero) is 1. The highest BCUT2D eigenvalue weighted by atomic mass is 35.5. The highest BCUT2D eigenvalue weighted by Gasteiger charge is 1.62. The smallest absolute Gasteiger partial charge is 0.126 e. The monoisotopic (exact) mass is 110 g/mol. The van der Waals surface area contributed by atoms with E-state index in [1.807, 2.05) is 0 Å². The van der Waals surface area contributed by atoms with Crippen molar-refractivity contribution < 1.29 is 9.45 Å². The fraction of sp³-hybridized carbons (Fsp3) is 0.667. The van der Waals surface area contributed by atoms with Crippen molar-refractivity contribution in [1.29, 1.82) is 0 Å². The van der Waals surface area contributed by atoms with Gasteiger partial charge in [0.05, 0.1) is 11.9 Å². The van der Waals surface area contributed by atoms with E-state index in [1.54, 1.807) is 0 Å². The average Bonchev–Trinajstić information content (AvgIpc) is 1.41. The molecule has 0 aliphatic rings. The van der Waals surface area contributed by atoms with Crippen molar-refractivity contribution in [3.05, 3.63) is 0 Å². The van der Waals surface area contributed by atoms with E-state index < -0.39 is 0 Å². The minimum absolute atomic E-state index is 0.167. The van der Waals surface area contributed by atoms with E-state index in [4.69, 9.17) is 4.66 Å². The Morgan fingerprint density at radius 2 is 1.50 bits per heavy atom.